The molecule has 64 valence electrons. The first-order valence-electron chi connectivity index (χ1n) is 4.09. The fraction of sp³-hybridized carbons (Fsp3) is 0.444. The van der Waals surface area contributed by atoms with Gasteiger partial charge in [0.2, 0.25) is 0 Å². The van der Waals surface area contributed by atoms with E-state index in [0.717, 1.165) is 12.8 Å². The van der Waals surface area contributed by atoms with Crippen LogP contribution >= 0.6 is 22.6 Å². The van der Waals surface area contributed by atoms with E-state index in [4.69, 9.17) is 0 Å². The minimum absolute atomic E-state index is 0.109. The summed E-state index contributed by atoms with van der Waals surface area (Å²) in [5, 5.41) is 0. The number of nitrogens with zero attached hydrogens (tertiary/aromatic N) is 1. The summed E-state index contributed by atoms with van der Waals surface area (Å²) in [6.45, 7) is 0. The Kier molecular flexibility index (Phi) is 2.30. The van der Waals surface area contributed by atoms with Crippen molar-refractivity contribution < 1.29 is 4.39 Å². The van der Waals surface area contributed by atoms with Crippen molar-refractivity contribution in [2.24, 2.45) is 0 Å². The topological polar surface area (TPSA) is 12.9 Å². The maximum Gasteiger partial charge on any atom is 0.158 e. The molecule has 0 unspecified atom stereocenters. The minimum atomic E-state index is -0.109. The molecule has 0 bridgehead atoms. The van der Waals surface area contributed by atoms with E-state index in [2.05, 4.69) is 4.98 Å². The molecular weight excluding hydrogens is 268 g/mol. The first-order valence-corrected chi connectivity index (χ1v) is 5.17. The average Bonchev–Trinajstić information content (AvgIpc) is 1.95. The summed E-state index contributed by atoms with van der Waals surface area (Å²) >= 11 is 2.01. The Bertz CT molecular complexity index is 297. The lowest BCUT2D eigenvalue weighted by Gasteiger charge is -2.25. The van der Waals surface area contributed by atoms with Crippen LogP contribution in [0.25, 0.3) is 0 Å². The first kappa shape index (κ1) is 8.41. The van der Waals surface area contributed by atoms with Gasteiger partial charge in [-0.1, -0.05) is 6.42 Å². The molecular formula is C9H9FIN. The SMILES string of the molecule is Fc1c(I)ccnc1C1CCC1. The van der Waals surface area contributed by atoms with Gasteiger partial charge in [-0.3, -0.25) is 4.98 Å². The van der Waals surface area contributed by atoms with Crippen LogP contribution in [-0.2, 0) is 0 Å². The molecule has 1 aromatic heterocycles. The zero-order valence-electron chi connectivity index (χ0n) is 6.56. The smallest absolute Gasteiger partial charge is 0.158 e. The average molecular weight is 277 g/mol. The van der Waals surface area contributed by atoms with E-state index < -0.39 is 0 Å². The third-order valence-electron chi connectivity index (χ3n) is 2.36. The molecule has 1 nitrogen and oxygen atoms in total. The lowest BCUT2D eigenvalue weighted by molar-refractivity contribution is 0.393. The van der Waals surface area contributed by atoms with Crippen LogP contribution in [0, 0.1) is 9.39 Å². The summed E-state index contributed by atoms with van der Waals surface area (Å²) < 4.78 is 14.1. The van der Waals surface area contributed by atoms with E-state index >= 15 is 0 Å². The van der Waals surface area contributed by atoms with Crippen LogP contribution in [0.2, 0.25) is 0 Å². The summed E-state index contributed by atoms with van der Waals surface area (Å²) in [6, 6.07) is 1.71. The number of halogens is 2. The molecule has 2 rings (SSSR count). The number of pyridine rings is 1. The number of hydrogen-bond acceptors (Lipinski definition) is 1. The minimum Gasteiger partial charge on any atom is -0.258 e. The third kappa shape index (κ3) is 1.34. The predicted molar refractivity (Wildman–Crippen MR) is 53.5 cm³/mol. The van der Waals surface area contributed by atoms with Gasteiger partial charge in [-0.25, -0.2) is 4.39 Å². The Morgan fingerprint density at radius 2 is 2.25 bits per heavy atom. The first-order chi connectivity index (χ1) is 5.79. The normalized spacial score (nSPS) is 17.5. The molecule has 0 N–H and O–H groups in total. The Balaban J connectivity index is 2.36. The second kappa shape index (κ2) is 3.28. The molecule has 1 saturated carbocycles. The van der Waals surface area contributed by atoms with E-state index in [1.54, 1.807) is 12.3 Å². The van der Waals surface area contributed by atoms with Crippen molar-refractivity contribution in [2.75, 3.05) is 0 Å². The number of aromatic nitrogens is 1. The third-order valence-corrected chi connectivity index (χ3v) is 3.19. The van der Waals surface area contributed by atoms with Crippen molar-refractivity contribution >= 4 is 22.6 Å². The predicted octanol–water partition coefficient (Wildman–Crippen LogP) is 3.09. The molecule has 1 heterocycles. The van der Waals surface area contributed by atoms with Crippen molar-refractivity contribution in [3.05, 3.63) is 27.3 Å². The fourth-order valence-corrected chi connectivity index (χ4v) is 1.84. The second-order valence-electron chi connectivity index (χ2n) is 3.12. The summed E-state index contributed by atoms with van der Waals surface area (Å²) in [7, 11) is 0. The Morgan fingerprint density at radius 3 is 2.83 bits per heavy atom. The monoisotopic (exact) mass is 277 g/mol. The summed E-state index contributed by atoms with van der Waals surface area (Å²) in [6.07, 6.45) is 5.11. The molecule has 0 atom stereocenters. The lowest BCUT2D eigenvalue weighted by atomic mass is 9.82. The Hall–Kier alpha value is -0.190. The van der Waals surface area contributed by atoms with Crippen LogP contribution in [0.4, 0.5) is 4.39 Å². The number of hydrogen-bond donors (Lipinski definition) is 0. The van der Waals surface area contributed by atoms with E-state index in [1.807, 2.05) is 22.6 Å². The highest BCUT2D eigenvalue weighted by Gasteiger charge is 2.24. The van der Waals surface area contributed by atoms with Crippen molar-refractivity contribution in [1.82, 2.24) is 4.98 Å². The van der Waals surface area contributed by atoms with E-state index in [0.29, 0.717) is 15.2 Å². The summed E-state index contributed by atoms with van der Waals surface area (Å²) in [5.74, 6) is 0.280. The largest absolute Gasteiger partial charge is 0.258 e. The van der Waals surface area contributed by atoms with Gasteiger partial charge >= 0.3 is 0 Å². The van der Waals surface area contributed by atoms with Crippen LogP contribution in [0.5, 0.6) is 0 Å². The highest BCUT2D eigenvalue weighted by Crippen LogP contribution is 2.36. The van der Waals surface area contributed by atoms with Gasteiger partial charge in [0, 0.05) is 12.1 Å². The van der Waals surface area contributed by atoms with Crippen LogP contribution in [0.3, 0.4) is 0 Å². The summed E-state index contributed by atoms with van der Waals surface area (Å²) in [5.41, 5.74) is 0.674. The molecule has 0 saturated heterocycles. The van der Waals surface area contributed by atoms with Gasteiger partial charge in [-0.05, 0) is 41.5 Å². The zero-order valence-corrected chi connectivity index (χ0v) is 8.71. The standard InChI is InChI=1S/C9H9FIN/c10-8-7(11)4-5-12-9(8)6-2-1-3-6/h4-6H,1-3H2. The zero-order chi connectivity index (χ0) is 8.55. The van der Waals surface area contributed by atoms with Crippen LogP contribution in [-0.4, -0.2) is 4.98 Å². The maximum atomic E-state index is 13.4. The van der Waals surface area contributed by atoms with Gasteiger partial charge in [0.25, 0.3) is 0 Å². The molecule has 1 aliphatic carbocycles. The van der Waals surface area contributed by atoms with Gasteiger partial charge in [0.15, 0.2) is 5.82 Å². The van der Waals surface area contributed by atoms with Crippen molar-refractivity contribution in [3.63, 3.8) is 0 Å². The molecule has 3 heteroatoms. The van der Waals surface area contributed by atoms with Crippen LogP contribution < -0.4 is 0 Å². The van der Waals surface area contributed by atoms with Crippen LogP contribution in [0.1, 0.15) is 30.9 Å². The molecule has 0 aliphatic heterocycles. The van der Waals surface area contributed by atoms with Crippen molar-refractivity contribution in [3.8, 4) is 0 Å². The highest BCUT2D eigenvalue weighted by atomic mass is 127. The van der Waals surface area contributed by atoms with E-state index in [-0.39, 0.29) is 5.82 Å². The molecule has 1 fully saturated rings. The maximum absolute atomic E-state index is 13.4. The van der Waals surface area contributed by atoms with Crippen molar-refractivity contribution in [1.29, 1.82) is 0 Å². The Morgan fingerprint density at radius 1 is 1.50 bits per heavy atom. The van der Waals surface area contributed by atoms with Crippen LogP contribution in [0.15, 0.2) is 12.3 Å². The molecule has 1 aromatic rings. The number of rotatable bonds is 1. The molecule has 0 amide bonds. The van der Waals surface area contributed by atoms with Gasteiger partial charge < -0.3 is 0 Å². The molecule has 0 radical (unpaired) electrons. The summed E-state index contributed by atoms with van der Waals surface area (Å²) in [4.78, 5) is 4.08. The molecule has 12 heavy (non-hydrogen) atoms. The van der Waals surface area contributed by atoms with Gasteiger partial charge in [0.05, 0.1) is 9.26 Å². The lowest BCUT2D eigenvalue weighted by Crippen LogP contribution is -2.13. The van der Waals surface area contributed by atoms with Crippen molar-refractivity contribution in [2.45, 2.75) is 25.2 Å². The van der Waals surface area contributed by atoms with E-state index in [9.17, 15) is 4.39 Å². The van der Waals surface area contributed by atoms with Gasteiger partial charge in [-0.15, -0.1) is 0 Å². The Labute approximate surface area is 84.5 Å². The quantitative estimate of drug-likeness (QED) is 0.719. The van der Waals surface area contributed by atoms with E-state index in [1.165, 1.54) is 6.42 Å². The molecule has 1 aliphatic rings. The molecule has 0 aromatic carbocycles. The second-order valence-corrected chi connectivity index (χ2v) is 4.28. The highest BCUT2D eigenvalue weighted by molar-refractivity contribution is 14.1. The fourth-order valence-electron chi connectivity index (χ4n) is 1.40. The van der Waals surface area contributed by atoms with Gasteiger partial charge in [-0.2, -0.15) is 0 Å². The van der Waals surface area contributed by atoms with Gasteiger partial charge in [0.1, 0.15) is 0 Å². The molecule has 0 spiro atoms.